The molecule has 1 N–H and O–H groups in total. The quantitative estimate of drug-likeness (QED) is 0.750. The number of aryl methyl sites for hydroxylation is 1. The summed E-state index contributed by atoms with van der Waals surface area (Å²) in [7, 11) is 0. The van der Waals surface area contributed by atoms with Gasteiger partial charge in [0.2, 0.25) is 0 Å². The van der Waals surface area contributed by atoms with Gasteiger partial charge in [0.25, 0.3) is 5.91 Å². The molecule has 3 aromatic rings. The number of imidazole rings is 1. The van der Waals surface area contributed by atoms with E-state index >= 15 is 0 Å². The lowest BCUT2D eigenvalue weighted by Gasteiger charge is -2.16. The van der Waals surface area contributed by atoms with Crippen molar-refractivity contribution in [3.63, 3.8) is 0 Å². The van der Waals surface area contributed by atoms with Crippen molar-refractivity contribution in [3.05, 3.63) is 53.9 Å². The van der Waals surface area contributed by atoms with Crippen molar-refractivity contribution in [2.45, 2.75) is 38.6 Å². The van der Waals surface area contributed by atoms with E-state index < -0.39 is 0 Å². The zero-order chi connectivity index (χ0) is 18.5. The summed E-state index contributed by atoms with van der Waals surface area (Å²) in [6.45, 7) is 1.93. The molecule has 1 aromatic carbocycles. The summed E-state index contributed by atoms with van der Waals surface area (Å²) in [4.78, 5) is 21.9. The standard InChI is InChI=1S/C21H21FN4O/c1-12-9-17(15-3-2-4-16(22)10-15)24-20-19(23-11-26(12)20)21(27)25-18(13-5-6-13)14-7-8-14/h2-4,9-11,13-14,18H,5-8H2,1H3,(H,25,27). The van der Waals surface area contributed by atoms with E-state index in [1.54, 1.807) is 16.8 Å². The van der Waals surface area contributed by atoms with Crippen LogP contribution in [0.3, 0.4) is 0 Å². The topological polar surface area (TPSA) is 59.3 Å². The van der Waals surface area contributed by atoms with Gasteiger partial charge in [-0.2, -0.15) is 0 Å². The maximum absolute atomic E-state index is 13.6. The fourth-order valence-electron chi connectivity index (χ4n) is 3.83. The molecule has 0 aliphatic heterocycles. The fraction of sp³-hybridized carbons (Fsp3) is 0.381. The number of aromatic nitrogens is 3. The largest absolute Gasteiger partial charge is 0.347 e. The summed E-state index contributed by atoms with van der Waals surface area (Å²) in [6.07, 6.45) is 6.43. The van der Waals surface area contributed by atoms with Gasteiger partial charge in [-0.15, -0.1) is 0 Å². The van der Waals surface area contributed by atoms with Crippen LogP contribution in [0.25, 0.3) is 16.9 Å². The number of halogens is 1. The van der Waals surface area contributed by atoms with Gasteiger partial charge in [0.1, 0.15) is 12.1 Å². The Hall–Kier alpha value is -2.76. The number of rotatable bonds is 5. The molecule has 5 nitrogen and oxygen atoms in total. The second-order valence-electron chi connectivity index (χ2n) is 7.75. The van der Waals surface area contributed by atoms with E-state index in [1.807, 2.05) is 19.1 Å². The van der Waals surface area contributed by atoms with Gasteiger partial charge in [-0.1, -0.05) is 12.1 Å². The summed E-state index contributed by atoms with van der Waals surface area (Å²) in [5.41, 5.74) is 3.06. The molecule has 2 aliphatic carbocycles. The van der Waals surface area contributed by atoms with Crippen LogP contribution < -0.4 is 5.32 Å². The van der Waals surface area contributed by atoms with Crippen LogP contribution in [0.4, 0.5) is 4.39 Å². The molecule has 2 heterocycles. The molecule has 0 spiro atoms. The Kier molecular flexibility index (Phi) is 3.74. The molecule has 0 atom stereocenters. The van der Waals surface area contributed by atoms with Crippen LogP contribution in [0.5, 0.6) is 0 Å². The van der Waals surface area contributed by atoms with E-state index in [0.29, 0.717) is 34.4 Å². The van der Waals surface area contributed by atoms with Gasteiger partial charge >= 0.3 is 0 Å². The number of carbonyl (C=O) groups excluding carboxylic acids is 1. The highest BCUT2D eigenvalue weighted by Gasteiger charge is 2.42. The summed E-state index contributed by atoms with van der Waals surface area (Å²) in [5.74, 6) is 0.764. The molecule has 6 heteroatoms. The van der Waals surface area contributed by atoms with Crippen molar-refractivity contribution in [1.82, 2.24) is 19.7 Å². The van der Waals surface area contributed by atoms with E-state index in [4.69, 9.17) is 0 Å². The Balaban J connectivity index is 1.51. The molecule has 0 saturated heterocycles. The third-order valence-electron chi connectivity index (χ3n) is 5.59. The Morgan fingerprint density at radius 2 is 1.96 bits per heavy atom. The number of hydrogen-bond donors (Lipinski definition) is 1. The molecule has 1 amide bonds. The first-order chi connectivity index (χ1) is 13.1. The normalized spacial score (nSPS) is 16.9. The van der Waals surface area contributed by atoms with Crippen LogP contribution in [0.15, 0.2) is 36.7 Å². The number of fused-ring (bicyclic) bond motifs is 1. The minimum atomic E-state index is -0.310. The molecule has 2 fully saturated rings. The van der Waals surface area contributed by atoms with Gasteiger partial charge in [0, 0.05) is 17.3 Å². The lowest BCUT2D eigenvalue weighted by atomic mass is 10.1. The highest BCUT2D eigenvalue weighted by molar-refractivity contribution is 5.98. The predicted molar refractivity (Wildman–Crippen MR) is 99.8 cm³/mol. The minimum Gasteiger partial charge on any atom is -0.347 e. The van der Waals surface area contributed by atoms with Crippen molar-refractivity contribution >= 4 is 11.6 Å². The van der Waals surface area contributed by atoms with Crippen LogP contribution in [0, 0.1) is 24.6 Å². The number of carbonyl (C=O) groups is 1. The summed E-state index contributed by atoms with van der Waals surface area (Å²) in [5, 5.41) is 3.21. The number of nitrogens with zero attached hydrogens (tertiary/aromatic N) is 3. The smallest absolute Gasteiger partial charge is 0.274 e. The Bertz CT molecular complexity index is 1020. The zero-order valence-electron chi connectivity index (χ0n) is 15.2. The SMILES string of the molecule is Cc1cc(-c2cccc(F)c2)nc2c(C(=O)NC(C3CC3)C3CC3)ncn12. The highest BCUT2D eigenvalue weighted by Crippen LogP contribution is 2.44. The molecule has 2 aliphatic rings. The molecular formula is C21H21FN4O. The minimum absolute atomic E-state index is 0.162. The predicted octanol–water partition coefficient (Wildman–Crippen LogP) is 3.76. The number of amides is 1. The molecule has 0 radical (unpaired) electrons. The van der Waals surface area contributed by atoms with Crippen molar-refractivity contribution in [1.29, 1.82) is 0 Å². The van der Waals surface area contributed by atoms with E-state index in [9.17, 15) is 9.18 Å². The van der Waals surface area contributed by atoms with Crippen LogP contribution >= 0.6 is 0 Å². The van der Waals surface area contributed by atoms with Gasteiger partial charge in [-0.05, 0) is 62.6 Å². The lowest BCUT2D eigenvalue weighted by Crippen LogP contribution is -2.38. The number of benzene rings is 1. The Labute approximate surface area is 156 Å². The number of nitrogens with one attached hydrogen (secondary N) is 1. The van der Waals surface area contributed by atoms with Crippen molar-refractivity contribution in [3.8, 4) is 11.3 Å². The molecule has 27 heavy (non-hydrogen) atoms. The van der Waals surface area contributed by atoms with Gasteiger partial charge in [0.15, 0.2) is 11.3 Å². The summed E-state index contributed by atoms with van der Waals surface area (Å²) in [6, 6.07) is 8.47. The average molecular weight is 364 g/mol. The Morgan fingerprint density at radius 1 is 1.22 bits per heavy atom. The fourth-order valence-corrected chi connectivity index (χ4v) is 3.83. The first-order valence-electron chi connectivity index (χ1n) is 9.51. The molecular weight excluding hydrogens is 343 g/mol. The molecule has 0 unspecified atom stereocenters. The first-order valence-corrected chi connectivity index (χ1v) is 9.51. The second-order valence-corrected chi connectivity index (χ2v) is 7.75. The van der Waals surface area contributed by atoms with Crippen LogP contribution in [-0.4, -0.2) is 26.3 Å². The summed E-state index contributed by atoms with van der Waals surface area (Å²) >= 11 is 0. The zero-order valence-corrected chi connectivity index (χ0v) is 15.2. The van der Waals surface area contributed by atoms with Crippen LogP contribution in [0.1, 0.15) is 41.9 Å². The van der Waals surface area contributed by atoms with Crippen molar-refractivity contribution in [2.24, 2.45) is 11.8 Å². The van der Waals surface area contributed by atoms with E-state index in [2.05, 4.69) is 15.3 Å². The van der Waals surface area contributed by atoms with Crippen molar-refractivity contribution < 1.29 is 9.18 Å². The molecule has 5 rings (SSSR count). The average Bonchev–Trinajstić information content (AvgIpc) is 3.57. The van der Waals surface area contributed by atoms with E-state index in [1.165, 1.54) is 37.8 Å². The van der Waals surface area contributed by atoms with Gasteiger partial charge in [0.05, 0.1) is 5.69 Å². The lowest BCUT2D eigenvalue weighted by molar-refractivity contribution is 0.0923. The summed E-state index contributed by atoms with van der Waals surface area (Å²) < 4.78 is 15.4. The highest BCUT2D eigenvalue weighted by atomic mass is 19.1. The third kappa shape index (κ3) is 3.09. The van der Waals surface area contributed by atoms with Crippen LogP contribution in [-0.2, 0) is 0 Å². The molecule has 0 bridgehead atoms. The molecule has 138 valence electrons. The van der Waals surface area contributed by atoms with Gasteiger partial charge < -0.3 is 5.32 Å². The van der Waals surface area contributed by atoms with E-state index in [0.717, 1.165) is 5.69 Å². The van der Waals surface area contributed by atoms with Crippen molar-refractivity contribution in [2.75, 3.05) is 0 Å². The van der Waals surface area contributed by atoms with Gasteiger partial charge in [-0.3, -0.25) is 9.20 Å². The third-order valence-corrected chi connectivity index (χ3v) is 5.59. The first kappa shape index (κ1) is 16.4. The molecule has 2 saturated carbocycles. The maximum atomic E-state index is 13.6. The maximum Gasteiger partial charge on any atom is 0.274 e. The molecule has 2 aromatic heterocycles. The monoisotopic (exact) mass is 364 g/mol. The van der Waals surface area contributed by atoms with Crippen LogP contribution in [0.2, 0.25) is 0 Å². The Morgan fingerprint density at radius 3 is 2.63 bits per heavy atom. The van der Waals surface area contributed by atoms with E-state index in [-0.39, 0.29) is 17.8 Å². The number of hydrogen-bond acceptors (Lipinski definition) is 3. The van der Waals surface area contributed by atoms with Gasteiger partial charge in [-0.25, -0.2) is 14.4 Å². The second kappa shape index (κ2) is 6.15.